The highest BCUT2D eigenvalue weighted by atomic mass is 19.4. The number of rotatable bonds is 5. The summed E-state index contributed by atoms with van der Waals surface area (Å²) in [7, 11) is 0. The number of pyridine rings is 1. The van der Waals surface area contributed by atoms with Gasteiger partial charge in [0.2, 0.25) is 5.91 Å². The second-order valence-corrected chi connectivity index (χ2v) is 5.55. The van der Waals surface area contributed by atoms with Crippen molar-refractivity contribution in [2.75, 3.05) is 6.54 Å². The Morgan fingerprint density at radius 1 is 1.11 bits per heavy atom. The molecule has 1 atom stereocenters. The molecular formula is C17H13F6N3O2. The maximum Gasteiger partial charge on any atom is 0.416 e. The molecule has 5 nitrogen and oxygen atoms in total. The van der Waals surface area contributed by atoms with Gasteiger partial charge in [0, 0.05) is 6.20 Å². The third-order valence-corrected chi connectivity index (χ3v) is 3.50. The van der Waals surface area contributed by atoms with E-state index in [4.69, 9.17) is 0 Å². The van der Waals surface area contributed by atoms with Gasteiger partial charge >= 0.3 is 12.2 Å². The lowest BCUT2D eigenvalue weighted by atomic mass is 9.93. The number of nitrogens with one attached hydrogen (secondary N) is 2. The summed E-state index contributed by atoms with van der Waals surface area (Å²) in [5, 5.41) is 3.47. The molecule has 1 aromatic heterocycles. The number of hydrogen-bond donors (Lipinski definition) is 2. The molecule has 0 spiro atoms. The number of imide groups is 1. The van der Waals surface area contributed by atoms with Crippen LogP contribution < -0.4 is 10.6 Å². The first-order valence-electron chi connectivity index (χ1n) is 7.73. The molecule has 11 heteroatoms. The molecule has 0 bridgehead atoms. The first-order chi connectivity index (χ1) is 13.1. The van der Waals surface area contributed by atoms with E-state index >= 15 is 0 Å². The molecule has 0 aliphatic carbocycles. The number of urea groups is 1. The summed E-state index contributed by atoms with van der Waals surface area (Å²) in [6.45, 7) is -1.04. The Kier molecular flexibility index (Phi) is 6.60. The molecule has 0 aliphatic heterocycles. The molecule has 1 aromatic carbocycles. The highest BCUT2D eigenvalue weighted by Crippen LogP contribution is 2.32. The van der Waals surface area contributed by atoms with Gasteiger partial charge in [0.1, 0.15) is 11.7 Å². The van der Waals surface area contributed by atoms with E-state index in [1.807, 2.05) is 0 Å². The van der Waals surface area contributed by atoms with Crippen molar-refractivity contribution >= 4 is 11.9 Å². The standard InChI is InChI=1S/C17H13F6N3O2/c18-11-3-1-2-9(6-11)14(15(27)26-16(28)25-8-13(19)20)12-7-10(4-5-24-12)17(21,22)23/h1-7,13-14H,8H2,(H2,25,26,27,28). The zero-order valence-corrected chi connectivity index (χ0v) is 13.9. The van der Waals surface area contributed by atoms with Crippen molar-refractivity contribution in [3.8, 4) is 0 Å². The number of nitrogens with zero attached hydrogens (tertiary/aromatic N) is 1. The van der Waals surface area contributed by atoms with E-state index in [-0.39, 0.29) is 5.56 Å². The Labute approximate surface area is 154 Å². The fraction of sp³-hybridized carbons (Fsp3) is 0.235. The van der Waals surface area contributed by atoms with Crippen LogP contribution in [0, 0.1) is 5.82 Å². The number of amides is 3. The van der Waals surface area contributed by atoms with Crippen molar-refractivity contribution in [2.24, 2.45) is 0 Å². The summed E-state index contributed by atoms with van der Waals surface area (Å²) in [6, 6.07) is 4.41. The molecular weight excluding hydrogens is 392 g/mol. The molecule has 2 aromatic rings. The fourth-order valence-electron chi connectivity index (χ4n) is 2.32. The van der Waals surface area contributed by atoms with Crippen molar-refractivity contribution < 1.29 is 35.9 Å². The average molecular weight is 405 g/mol. The molecule has 2 N–H and O–H groups in total. The molecule has 1 heterocycles. The largest absolute Gasteiger partial charge is 0.416 e. The van der Waals surface area contributed by atoms with Gasteiger partial charge < -0.3 is 5.32 Å². The Hall–Kier alpha value is -3.11. The average Bonchev–Trinajstić information content (AvgIpc) is 2.60. The van der Waals surface area contributed by atoms with Gasteiger partial charge in [-0.05, 0) is 29.8 Å². The van der Waals surface area contributed by atoms with Crippen LogP contribution in [0.3, 0.4) is 0 Å². The smallest absolute Gasteiger partial charge is 0.332 e. The molecule has 0 fully saturated rings. The molecule has 150 valence electrons. The SMILES string of the molecule is O=C(NCC(F)F)NC(=O)C(c1cccc(F)c1)c1cc(C(F)(F)F)ccn1. The molecule has 0 aliphatic rings. The maximum atomic E-state index is 13.6. The molecule has 3 amide bonds. The van der Waals surface area contributed by atoms with E-state index in [0.717, 1.165) is 18.3 Å². The molecule has 0 radical (unpaired) electrons. The van der Waals surface area contributed by atoms with Crippen LogP contribution in [-0.4, -0.2) is 29.9 Å². The van der Waals surface area contributed by atoms with Crippen LogP contribution >= 0.6 is 0 Å². The van der Waals surface area contributed by atoms with Gasteiger partial charge in [-0.25, -0.2) is 18.0 Å². The number of hydrogen-bond acceptors (Lipinski definition) is 3. The Morgan fingerprint density at radius 2 is 1.82 bits per heavy atom. The number of alkyl halides is 5. The van der Waals surface area contributed by atoms with Crippen molar-refractivity contribution in [1.29, 1.82) is 0 Å². The Balaban J connectivity index is 2.38. The zero-order valence-electron chi connectivity index (χ0n) is 13.9. The zero-order chi connectivity index (χ0) is 20.9. The lowest BCUT2D eigenvalue weighted by molar-refractivity contribution is -0.137. The van der Waals surface area contributed by atoms with E-state index in [0.29, 0.717) is 12.1 Å². The van der Waals surface area contributed by atoms with Gasteiger partial charge in [0.25, 0.3) is 6.43 Å². The topological polar surface area (TPSA) is 71.1 Å². The second kappa shape index (κ2) is 8.72. The van der Waals surface area contributed by atoms with Crippen LogP contribution in [0.2, 0.25) is 0 Å². The minimum absolute atomic E-state index is 0.0778. The molecule has 1 unspecified atom stereocenters. The minimum atomic E-state index is -4.73. The first-order valence-corrected chi connectivity index (χ1v) is 7.73. The Bertz CT molecular complexity index is 857. The fourth-order valence-corrected chi connectivity index (χ4v) is 2.32. The third-order valence-electron chi connectivity index (χ3n) is 3.50. The highest BCUT2D eigenvalue weighted by Gasteiger charge is 2.33. The van der Waals surface area contributed by atoms with Gasteiger partial charge in [-0.3, -0.25) is 15.1 Å². The number of carbonyl (C=O) groups is 2. The van der Waals surface area contributed by atoms with Crippen LogP contribution in [0.4, 0.5) is 31.1 Å². The van der Waals surface area contributed by atoms with Crippen molar-refractivity contribution in [1.82, 2.24) is 15.6 Å². The van der Waals surface area contributed by atoms with Gasteiger partial charge in [-0.15, -0.1) is 0 Å². The molecule has 28 heavy (non-hydrogen) atoms. The van der Waals surface area contributed by atoms with Crippen LogP contribution in [0.1, 0.15) is 22.7 Å². The van der Waals surface area contributed by atoms with Crippen molar-refractivity contribution in [3.05, 3.63) is 65.2 Å². The van der Waals surface area contributed by atoms with Crippen molar-refractivity contribution in [3.63, 3.8) is 0 Å². The van der Waals surface area contributed by atoms with Crippen LogP contribution in [0.5, 0.6) is 0 Å². The number of halogens is 6. The van der Waals surface area contributed by atoms with E-state index < -0.39 is 54.1 Å². The first kappa shape index (κ1) is 21.2. The number of carbonyl (C=O) groups excluding carboxylic acids is 2. The normalized spacial score (nSPS) is 12.5. The van der Waals surface area contributed by atoms with Crippen molar-refractivity contribution in [2.45, 2.75) is 18.5 Å². The summed E-state index contributed by atoms with van der Waals surface area (Å²) in [4.78, 5) is 27.8. The summed E-state index contributed by atoms with van der Waals surface area (Å²) in [5.74, 6) is -3.52. The van der Waals surface area contributed by atoms with Crippen LogP contribution in [-0.2, 0) is 11.0 Å². The second-order valence-electron chi connectivity index (χ2n) is 5.55. The highest BCUT2D eigenvalue weighted by molar-refractivity contribution is 5.99. The van der Waals surface area contributed by atoms with Gasteiger partial charge in [0.05, 0.1) is 17.8 Å². The van der Waals surface area contributed by atoms with E-state index in [2.05, 4.69) is 4.98 Å². The molecule has 2 rings (SSSR count). The maximum absolute atomic E-state index is 13.6. The van der Waals surface area contributed by atoms with Crippen LogP contribution in [0.25, 0.3) is 0 Å². The summed E-state index contributed by atoms with van der Waals surface area (Å²) < 4.78 is 76.7. The summed E-state index contributed by atoms with van der Waals surface area (Å²) >= 11 is 0. The molecule has 0 saturated carbocycles. The van der Waals surface area contributed by atoms with Gasteiger partial charge in [0.15, 0.2) is 0 Å². The van der Waals surface area contributed by atoms with E-state index in [1.165, 1.54) is 12.1 Å². The lowest BCUT2D eigenvalue weighted by Crippen LogP contribution is -2.43. The molecule has 0 saturated heterocycles. The van der Waals surface area contributed by atoms with E-state index in [1.54, 1.807) is 10.6 Å². The quantitative estimate of drug-likeness (QED) is 0.749. The van der Waals surface area contributed by atoms with E-state index in [9.17, 15) is 35.9 Å². The number of aromatic nitrogens is 1. The lowest BCUT2D eigenvalue weighted by Gasteiger charge is -2.18. The summed E-state index contributed by atoms with van der Waals surface area (Å²) in [5.41, 5.74) is -1.58. The van der Waals surface area contributed by atoms with Gasteiger partial charge in [-0.1, -0.05) is 12.1 Å². The van der Waals surface area contributed by atoms with Gasteiger partial charge in [-0.2, -0.15) is 13.2 Å². The minimum Gasteiger partial charge on any atom is -0.332 e. The van der Waals surface area contributed by atoms with Crippen LogP contribution in [0.15, 0.2) is 42.6 Å². The predicted octanol–water partition coefficient (Wildman–Crippen LogP) is 3.46. The number of benzene rings is 1. The third kappa shape index (κ3) is 5.69. The predicted molar refractivity (Wildman–Crippen MR) is 85.0 cm³/mol. The Morgan fingerprint density at radius 3 is 2.43 bits per heavy atom. The summed E-state index contributed by atoms with van der Waals surface area (Å²) in [6.07, 6.45) is -6.78. The monoisotopic (exact) mass is 405 g/mol.